The molecule has 0 saturated carbocycles. The van der Waals surface area contributed by atoms with Crippen LogP contribution in [0.3, 0.4) is 0 Å². The molecule has 4 amide bonds. The molecule has 0 atom stereocenters. The summed E-state index contributed by atoms with van der Waals surface area (Å²) in [7, 11) is 4.05. The number of phenols is 4. The molecule has 678 valence electrons. The minimum atomic E-state index is -0.826. The Morgan fingerprint density at radius 1 is 0.449 bits per heavy atom. The van der Waals surface area contributed by atoms with Crippen LogP contribution in [0, 0.1) is 26.6 Å². The number of carbonyl (C=O) groups excluding carboxylic acids is 6. The third kappa shape index (κ3) is 20.0. The summed E-state index contributed by atoms with van der Waals surface area (Å²) in [6, 6.07) is 50.4. The van der Waals surface area contributed by atoms with Gasteiger partial charge in [-0.15, -0.1) is 52.3 Å². The molecule has 9 aromatic heterocycles. The summed E-state index contributed by atoms with van der Waals surface area (Å²) in [5.41, 5.74) is 7.88. The number of benzene rings is 9. The smallest absolute Gasteiger partial charge is 0.343 e. The molecule has 0 bridgehead atoms. The van der Waals surface area contributed by atoms with Gasteiger partial charge in [-0.2, -0.15) is 34.4 Å². The van der Waals surface area contributed by atoms with E-state index in [1.807, 2.05) is 6.07 Å². The Morgan fingerprint density at radius 3 is 1.31 bits per heavy atom. The van der Waals surface area contributed by atoms with Gasteiger partial charge in [0.05, 0.1) is 99.1 Å². The molecule has 43 nitrogen and oxygen atoms in total. The first-order valence-electron chi connectivity index (χ1n) is 40.2. The number of aryl methyl sites for hydroxylation is 2. The van der Waals surface area contributed by atoms with Crippen molar-refractivity contribution < 1.29 is 63.8 Å². The Balaban J connectivity index is 0.000000141. The number of nitrogens with zero attached hydrogens (tertiary/aromatic N) is 26. The second kappa shape index (κ2) is 41.9. The Bertz CT molecular complexity index is 8050. The SMILES string of the molecule is COC(=O)c1cc2ccccc2c(N=Nc2c(C(=O)OC)cnn2C)c1O.[C-]#[N+]c1c(C)nn(-c2nccs2)c1N=Nc1c(O)c(C(=O)Nc2ccc(CO)cc2)cc2ccccc12.[C-]#[N+]c1cnn(-c2ncccn2)c1N=Nc1c(O)c(C(=O)Nc2ccc(Cl)nc2)cc2ccccc12.[C-]#[N+]c1cnn(-c2ncccn2)c1N=Nc1c(O)c(C(=O)Nc2cccnc2C(N)=O)cc2ccccc12. The number of amides is 4. The number of aromatic hydroxyl groups is 4. The number of primary amides is 1. The van der Waals surface area contributed by atoms with Crippen LogP contribution in [0.1, 0.15) is 73.5 Å². The van der Waals surface area contributed by atoms with Crippen molar-refractivity contribution in [2.24, 2.45) is 53.7 Å². The average Bonchev–Trinajstić information content (AvgIpc) is 0.951. The van der Waals surface area contributed by atoms with Gasteiger partial charge in [0.1, 0.15) is 39.0 Å². The van der Waals surface area contributed by atoms with Crippen LogP contribution in [-0.4, -0.2) is 149 Å². The molecule has 0 radical (unpaired) electrons. The van der Waals surface area contributed by atoms with Crippen molar-refractivity contribution in [1.29, 1.82) is 0 Å². The van der Waals surface area contributed by atoms with E-state index in [0.717, 1.165) is 0 Å². The lowest BCUT2D eigenvalue weighted by Crippen LogP contribution is -2.19. The number of phenolic OH excluding ortho intramolecular Hbond substituents is 4. The number of aliphatic hydroxyl groups is 1. The summed E-state index contributed by atoms with van der Waals surface area (Å²) >= 11 is 7.13. The highest BCUT2D eigenvalue weighted by Gasteiger charge is 2.28. The molecule has 138 heavy (non-hydrogen) atoms. The minimum Gasteiger partial charge on any atom is -0.505 e. The Kier molecular flexibility index (Phi) is 28.2. The first kappa shape index (κ1) is 92.8. The van der Waals surface area contributed by atoms with Crippen molar-refractivity contribution in [3.63, 3.8) is 0 Å². The zero-order valence-corrected chi connectivity index (χ0v) is 73.4. The Morgan fingerprint density at radius 2 is 0.877 bits per heavy atom. The summed E-state index contributed by atoms with van der Waals surface area (Å²) < 4.78 is 14.7. The van der Waals surface area contributed by atoms with Crippen LogP contribution in [0.2, 0.25) is 5.15 Å². The zero-order chi connectivity index (χ0) is 97.2. The molecule has 18 aromatic rings. The maximum absolute atomic E-state index is 13.2. The number of ether oxygens (including phenoxy) is 2. The molecule has 0 aliphatic heterocycles. The van der Waals surface area contributed by atoms with Gasteiger partial charge in [-0.25, -0.2) is 63.7 Å². The summed E-state index contributed by atoms with van der Waals surface area (Å²) in [6.45, 7) is 24.1. The maximum atomic E-state index is 13.2. The number of carbonyl (C=O) groups is 6. The highest BCUT2D eigenvalue weighted by molar-refractivity contribution is 7.12. The second-order valence-electron chi connectivity index (χ2n) is 28.5. The number of anilines is 3. The second-order valence-corrected chi connectivity index (χ2v) is 29.7. The lowest BCUT2D eigenvalue weighted by molar-refractivity contribution is 0.0590. The van der Waals surface area contributed by atoms with Gasteiger partial charge in [-0.3, -0.25) is 19.2 Å². The molecule has 0 fully saturated rings. The van der Waals surface area contributed by atoms with Gasteiger partial charge < -0.3 is 56.7 Å². The van der Waals surface area contributed by atoms with Gasteiger partial charge in [0.2, 0.25) is 5.13 Å². The Hall–Kier alpha value is -19.9. The number of pyridine rings is 2. The minimum absolute atomic E-state index is 0.00824. The number of esters is 2. The number of halogens is 1. The molecule has 10 N–H and O–H groups in total. The monoisotopic (exact) mass is 1880 g/mol. The number of aromatic nitrogens is 15. The van der Waals surface area contributed by atoms with Crippen molar-refractivity contribution in [1.82, 2.24) is 74.0 Å². The first-order valence-corrected chi connectivity index (χ1v) is 41.4. The first-order chi connectivity index (χ1) is 67.0. The molecule has 0 unspecified atom stereocenters. The molecule has 0 aliphatic rings. The fourth-order valence-electron chi connectivity index (χ4n) is 13.4. The lowest BCUT2D eigenvalue weighted by Gasteiger charge is -2.12. The Labute approximate surface area is 786 Å². The third-order valence-corrected chi connectivity index (χ3v) is 20.9. The average molecular weight is 1880 g/mol. The highest BCUT2D eigenvalue weighted by atomic mass is 35.5. The van der Waals surface area contributed by atoms with Crippen LogP contribution in [0.4, 0.5) is 80.1 Å². The number of hydrogen-bond donors (Lipinski definition) is 9. The van der Waals surface area contributed by atoms with E-state index in [-0.39, 0.29) is 143 Å². The van der Waals surface area contributed by atoms with Crippen LogP contribution in [0.25, 0.3) is 74.7 Å². The fourth-order valence-corrected chi connectivity index (χ4v) is 14.1. The van der Waals surface area contributed by atoms with Gasteiger partial charge in [0, 0.05) is 76.8 Å². The predicted molar refractivity (Wildman–Crippen MR) is 504 cm³/mol. The molecule has 9 heterocycles. The number of fused-ring (bicyclic) bond motifs is 4. The number of azo groups is 4. The van der Waals surface area contributed by atoms with E-state index in [2.05, 4.69) is 127 Å². The quantitative estimate of drug-likeness (QED) is 0.0140. The van der Waals surface area contributed by atoms with Crippen LogP contribution in [0.15, 0.2) is 290 Å². The van der Waals surface area contributed by atoms with E-state index < -0.39 is 41.3 Å². The molecule has 0 saturated heterocycles. The number of thiazole rings is 1. The number of rotatable bonds is 21. The maximum Gasteiger partial charge on any atom is 0.343 e. The van der Waals surface area contributed by atoms with Gasteiger partial charge in [-0.05, 0) is 107 Å². The van der Waals surface area contributed by atoms with E-state index >= 15 is 0 Å². The number of nitrogens with two attached hydrogens (primary N) is 1. The van der Waals surface area contributed by atoms with Crippen molar-refractivity contribution in [3.8, 4) is 40.0 Å². The van der Waals surface area contributed by atoms with E-state index in [1.54, 1.807) is 171 Å². The molecule has 0 aliphatic carbocycles. The van der Waals surface area contributed by atoms with Crippen molar-refractivity contribution in [3.05, 3.63) is 334 Å². The number of hydrogen-bond acceptors (Lipinski definition) is 33. The van der Waals surface area contributed by atoms with Crippen LogP contribution < -0.4 is 21.7 Å². The van der Waals surface area contributed by atoms with Crippen molar-refractivity contribution in [2.75, 3.05) is 30.2 Å². The van der Waals surface area contributed by atoms with E-state index in [9.17, 15) is 54.3 Å². The summed E-state index contributed by atoms with van der Waals surface area (Å²) in [4.78, 5) is 114. The number of methoxy groups -OCH3 is 2. The van der Waals surface area contributed by atoms with E-state index in [4.69, 9.17) is 46.5 Å². The van der Waals surface area contributed by atoms with Crippen LogP contribution in [-0.2, 0) is 23.1 Å². The summed E-state index contributed by atoms with van der Waals surface area (Å²) in [5.74, 6) is -4.79. The van der Waals surface area contributed by atoms with Crippen molar-refractivity contribution in [2.45, 2.75) is 13.5 Å². The molecule has 45 heteroatoms. The highest BCUT2D eigenvalue weighted by Crippen LogP contribution is 2.47. The predicted octanol–water partition coefficient (Wildman–Crippen LogP) is 19.5. The molecule has 0 spiro atoms. The zero-order valence-electron chi connectivity index (χ0n) is 71.9. The van der Waals surface area contributed by atoms with Crippen molar-refractivity contribution >= 4 is 182 Å². The number of nitrogens with one attached hydrogen (secondary N) is 3. The van der Waals surface area contributed by atoms with Gasteiger partial charge in [0.15, 0.2) is 52.0 Å². The van der Waals surface area contributed by atoms with Gasteiger partial charge in [0.25, 0.3) is 52.6 Å². The topological polar surface area (TPSA) is 558 Å². The summed E-state index contributed by atoms with van der Waals surface area (Å²) in [5, 5.41) is 119. The van der Waals surface area contributed by atoms with Crippen LogP contribution >= 0.6 is 22.9 Å². The molecular formula is C93H65ClN30O13S. The van der Waals surface area contributed by atoms with Gasteiger partial charge >= 0.3 is 11.9 Å². The summed E-state index contributed by atoms with van der Waals surface area (Å²) in [6.07, 6.45) is 14.4. The van der Waals surface area contributed by atoms with Gasteiger partial charge in [-0.1, -0.05) is 121 Å². The van der Waals surface area contributed by atoms with Crippen LogP contribution in [0.5, 0.6) is 23.0 Å². The third-order valence-electron chi connectivity index (χ3n) is 20.0. The molecular weight excluding hydrogens is 1810 g/mol. The fraction of sp³-hybridized carbons (Fsp3) is 0.0538. The lowest BCUT2D eigenvalue weighted by atomic mass is 10.0. The van der Waals surface area contributed by atoms with E-state index in [1.165, 1.54) is 130 Å². The molecule has 9 aromatic carbocycles. The number of aliphatic hydroxyl groups excluding tert-OH is 1. The largest absolute Gasteiger partial charge is 0.505 e. The standard InChI is InChI=1S/C26H19N7O3S.C25H16N10O3.C24H14ClN9O2.C18H16N4O5/c1-15-21(27-2)24(33(32-15)26-28-11-12-37-26)31-30-22-19-6-4-3-5-17(19)13-20(23(22)35)25(36)29-18-9-7-16(14-34)8-10-18;1-27-18-13-31-35(25-29-10-5-11-30-25)23(18)34-33-19-15-7-3-2-6-14(15)12-16(21(19)36)24(38)32-17-8-4-9-28-20(17)22(26)37;1-26-18-13-30-34(24-27-9-4-10-28-24)22(18)33-32-20-16-6-3-2-5-14(16)11-17(21(20)35)23(36)31-15-7-8-19(25)29-12-15;1-22-16(13(9-19-22)18(25)27-3)21-20-14-11-7-5-4-6-10(11)8-12(15(14)23)17(24)26-2/h3-13,34-35H,14H2,1H3,(H,29,36);2-13,36H,(H2,26,37)(H,32,38);2-13,35H,(H,31,36);4-9,23H,1-3H3. The normalized spacial score (nSPS) is 11.0. The molecule has 18 rings (SSSR count). The van der Waals surface area contributed by atoms with E-state index in [0.29, 0.717) is 70.9 Å².